The van der Waals surface area contributed by atoms with Crippen molar-refractivity contribution in [2.45, 2.75) is 23.4 Å². The SMILES string of the molecule is [B]c1cc([B])c2nc(C)n(C3([B])C(=O)NC(=O)C([B])C3([B])[B])c(=O)c2c1N. The molecule has 7 nitrogen and oxygen atoms in total. The number of rotatable bonds is 1. The van der Waals surface area contributed by atoms with Crippen molar-refractivity contribution in [3.8, 4) is 0 Å². The van der Waals surface area contributed by atoms with Crippen molar-refractivity contribution >= 4 is 86.4 Å². The second-order valence-corrected chi connectivity index (χ2v) is 6.49. The van der Waals surface area contributed by atoms with E-state index in [1.807, 2.05) is 5.32 Å². The topological polar surface area (TPSA) is 107 Å². The zero-order valence-corrected chi connectivity index (χ0v) is 14.3. The Labute approximate surface area is 162 Å². The summed E-state index contributed by atoms with van der Waals surface area (Å²) in [7, 11) is 35.5. The van der Waals surface area contributed by atoms with Gasteiger partial charge >= 0.3 is 0 Å². The van der Waals surface area contributed by atoms with E-state index in [0.29, 0.717) is 0 Å². The molecular formula is C14H8B6N4O3. The second-order valence-electron chi connectivity index (χ2n) is 6.49. The Balaban J connectivity index is 2.48. The standard InChI is InChI=1S/C14H8B6N4O3/c1-3-22-8-5(16)2-4(15)7(21)6(8)11(26)24(3)14(20)12(27)23-10(25)9(17)13(14,18)19/h2,9H,21H2,1H3,(H,23,25,27). The summed E-state index contributed by atoms with van der Waals surface area (Å²) >= 11 is 0. The second kappa shape index (κ2) is 5.84. The molecule has 1 aliphatic rings. The highest BCUT2D eigenvalue weighted by Crippen LogP contribution is 2.48. The number of imide groups is 1. The fourth-order valence-corrected chi connectivity index (χ4v) is 3.18. The molecule has 1 saturated heterocycles. The number of nitrogen functional groups attached to an aromatic ring is 1. The maximum atomic E-state index is 13.2. The maximum absolute atomic E-state index is 13.2. The summed E-state index contributed by atoms with van der Waals surface area (Å²) in [6.45, 7) is 1.38. The molecule has 2 amide bonds. The molecule has 1 aromatic heterocycles. The molecule has 0 bridgehead atoms. The third-order valence-corrected chi connectivity index (χ3v) is 4.81. The summed E-state index contributed by atoms with van der Waals surface area (Å²) in [4.78, 5) is 41.9. The van der Waals surface area contributed by atoms with Crippen LogP contribution in [-0.4, -0.2) is 68.4 Å². The zero-order chi connectivity index (χ0) is 20.5. The number of amides is 2. The van der Waals surface area contributed by atoms with Crippen LogP contribution >= 0.6 is 0 Å². The Kier molecular flexibility index (Phi) is 4.21. The Hall–Kier alpha value is -2.31. The molecule has 2 aromatic rings. The number of aryl methyl sites for hydroxylation is 1. The van der Waals surface area contributed by atoms with E-state index >= 15 is 0 Å². The van der Waals surface area contributed by atoms with E-state index in [0.717, 1.165) is 4.57 Å². The molecule has 0 aliphatic carbocycles. The number of carbonyl (C=O) groups is 2. The predicted molar refractivity (Wildman–Crippen MR) is 107 cm³/mol. The van der Waals surface area contributed by atoms with Crippen molar-refractivity contribution in [1.29, 1.82) is 0 Å². The van der Waals surface area contributed by atoms with Crippen LogP contribution in [0.3, 0.4) is 0 Å². The zero-order valence-electron chi connectivity index (χ0n) is 14.3. The molecule has 13 heteroatoms. The maximum Gasteiger partial charge on any atom is 0.263 e. The van der Waals surface area contributed by atoms with Gasteiger partial charge in [-0.2, -0.15) is 0 Å². The van der Waals surface area contributed by atoms with Crippen LogP contribution in [0.1, 0.15) is 5.82 Å². The molecule has 0 saturated carbocycles. The van der Waals surface area contributed by atoms with Crippen LogP contribution in [0.15, 0.2) is 10.9 Å². The van der Waals surface area contributed by atoms with E-state index in [-0.39, 0.29) is 33.3 Å². The van der Waals surface area contributed by atoms with Gasteiger partial charge in [0.05, 0.1) is 39.9 Å². The number of piperidine rings is 1. The Morgan fingerprint density at radius 2 is 1.78 bits per heavy atom. The molecule has 0 spiro atoms. The number of fused-ring (bicyclic) bond motifs is 1. The number of aromatic nitrogens is 2. The molecule has 2 atom stereocenters. The average molecular weight is 345 g/mol. The third kappa shape index (κ3) is 2.36. The molecule has 1 aromatic carbocycles. The average Bonchev–Trinajstić information content (AvgIpc) is 2.56. The summed E-state index contributed by atoms with van der Waals surface area (Å²) in [6, 6.07) is 1.35. The van der Waals surface area contributed by atoms with Gasteiger partial charge in [-0.1, -0.05) is 22.2 Å². The highest BCUT2D eigenvalue weighted by Gasteiger charge is 2.56. The molecule has 1 fully saturated rings. The summed E-state index contributed by atoms with van der Waals surface area (Å²) in [5.74, 6) is -3.70. The van der Waals surface area contributed by atoms with Crippen molar-refractivity contribution in [1.82, 2.24) is 14.9 Å². The number of carbonyl (C=O) groups excluding carboxylic acids is 2. The number of nitrogens with two attached hydrogens (primary N) is 1. The molecule has 12 radical (unpaired) electrons. The first-order chi connectivity index (χ1) is 12.4. The molecule has 1 aliphatic heterocycles. The van der Waals surface area contributed by atoms with E-state index in [4.69, 9.17) is 52.8 Å². The van der Waals surface area contributed by atoms with Crippen LogP contribution in [0.5, 0.6) is 0 Å². The van der Waals surface area contributed by atoms with Crippen molar-refractivity contribution in [3.63, 3.8) is 0 Å². The van der Waals surface area contributed by atoms with Gasteiger partial charge in [0.2, 0.25) is 11.8 Å². The van der Waals surface area contributed by atoms with Gasteiger partial charge < -0.3 is 5.73 Å². The third-order valence-electron chi connectivity index (χ3n) is 4.81. The predicted octanol–water partition coefficient (Wildman–Crippen LogP) is -4.24. The highest BCUT2D eigenvalue weighted by molar-refractivity contribution is 6.55. The Bertz CT molecular complexity index is 1080. The Morgan fingerprint density at radius 1 is 1.19 bits per heavy atom. The van der Waals surface area contributed by atoms with Crippen LogP contribution in [0, 0.1) is 6.92 Å². The quantitative estimate of drug-likeness (QED) is 0.309. The van der Waals surface area contributed by atoms with E-state index in [1.54, 1.807) is 0 Å². The number of benzene rings is 1. The fraction of sp³-hybridized carbons (Fsp3) is 0.286. The van der Waals surface area contributed by atoms with Crippen LogP contribution < -0.4 is 27.5 Å². The van der Waals surface area contributed by atoms with Gasteiger partial charge in [0.15, 0.2) is 0 Å². The minimum absolute atomic E-state index is 0.0344. The molecular weight excluding hydrogens is 337 g/mol. The molecule has 3 rings (SSSR count). The highest BCUT2D eigenvalue weighted by atomic mass is 16.2. The number of nitrogens with one attached hydrogen (secondary N) is 1. The van der Waals surface area contributed by atoms with Gasteiger partial charge in [-0.15, -0.1) is 0 Å². The summed E-state index contributed by atoms with van der Waals surface area (Å²) in [5.41, 5.74) is 2.69. The van der Waals surface area contributed by atoms with Crippen LogP contribution in [-0.2, 0) is 15.0 Å². The van der Waals surface area contributed by atoms with Gasteiger partial charge in [-0.25, -0.2) is 4.98 Å². The van der Waals surface area contributed by atoms with Gasteiger partial charge in [-0.3, -0.25) is 24.3 Å². The summed E-state index contributed by atoms with van der Waals surface area (Å²) < 4.78 is 0.742. The fourth-order valence-electron chi connectivity index (χ4n) is 3.18. The smallest absolute Gasteiger partial charge is 0.263 e. The molecule has 2 heterocycles. The molecule has 27 heavy (non-hydrogen) atoms. The first-order valence-electron chi connectivity index (χ1n) is 7.70. The lowest BCUT2D eigenvalue weighted by atomic mass is 9.31. The number of nitrogens with zero attached hydrogens (tertiary/aromatic N) is 2. The number of hydrogen-bond acceptors (Lipinski definition) is 5. The minimum atomic E-state index is -2.45. The largest absolute Gasteiger partial charge is 0.398 e. The van der Waals surface area contributed by atoms with Crippen molar-refractivity contribution in [2.24, 2.45) is 0 Å². The lowest BCUT2D eigenvalue weighted by molar-refractivity contribution is -0.138. The monoisotopic (exact) mass is 346 g/mol. The first kappa shape index (κ1) is 19.5. The van der Waals surface area contributed by atoms with E-state index in [2.05, 4.69) is 4.98 Å². The lowest BCUT2D eigenvalue weighted by Gasteiger charge is -2.52. The van der Waals surface area contributed by atoms with E-state index < -0.39 is 33.8 Å². The lowest BCUT2D eigenvalue weighted by Crippen LogP contribution is -2.68. The molecule has 120 valence electrons. The van der Waals surface area contributed by atoms with Gasteiger partial charge in [0.1, 0.15) is 29.4 Å². The summed E-state index contributed by atoms with van der Waals surface area (Å²) in [5, 5.41) is -0.534. The van der Waals surface area contributed by atoms with E-state index in [9.17, 15) is 14.4 Å². The number of anilines is 1. The van der Waals surface area contributed by atoms with Crippen LogP contribution in [0.25, 0.3) is 10.9 Å². The number of hydrogen-bond donors (Lipinski definition) is 2. The van der Waals surface area contributed by atoms with Crippen LogP contribution in [0.4, 0.5) is 5.69 Å². The minimum Gasteiger partial charge on any atom is -0.398 e. The van der Waals surface area contributed by atoms with Gasteiger partial charge in [0, 0.05) is 5.69 Å². The Morgan fingerprint density at radius 3 is 2.37 bits per heavy atom. The van der Waals surface area contributed by atoms with Gasteiger partial charge in [-0.05, 0) is 12.7 Å². The van der Waals surface area contributed by atoms with Crippen LogP contribution in [0.2, 0.25) is 11.0 Å². The van der Waals surface area contributed by atoms with Crippen molar-refractivity contribution < 1.29 is 9.59 Å². The van der Waals surface area contributed by atoms with Crippen molar-refractivity contribution in [3.05, 3.63) is 22.2 Å². The molecule has 3 N–H and O–H groups in total. The van der Waals surface area contributed by atoms with Crippen molar-refractivity contribution in [2.75, 3.05) is 5.73 Å². The van der Waals surface area contributed by atoms with E-state index in [1.165, 1.54) is 13.0 Å². The first-order valence-corrected chi connectivity index (χ1v) is 7.70. The van der Waals surface area contributed by atoms with Gasteiger partial charge in [0.25, 0.3) is 5.56 Å². The molecule has 2 unspecified atom stereocenters. The normalized spacial score (nSPS) is 24.7. The summed E-state index contributed by atoms with van der Waals surface area (Å²) in [6.07, 6.45) is 0.